The molecule has 128 valence electrons. The Balaban J connectivity index is 2.35. The summed E-state index contributed by atoms with van der Waals surface area (Å²) in [4.78, 5) is 14.5. The van der Waals surface area contributed by atoms with Crippen molar-refractivity contribution in [1.82, 2.24) is 0 Å². The van der Waals surface area contributed by atoms with Crippen molar-refractivity contribution >= 4 is 27.6 Å². The Morgan fingerprint density at radius 2 is 1.84 bits per heavy atom. The van der Waals surface area contributed by atoms with Gasteiger partial charge in [-0.1, -0.05) is 24.8 Å². The molecule has 0 spiro atoms. The largest absolute Gasteiger partial charge is 0.481 e. The first-order valence-electron chi connectivity index (χ1n) is 7.88. The lowest BCUT2D eigenvalue weighted by molar-refractivity contribution is 0.342. The summed E-state index contributed by atoms with van der Waals surface area (Å²) in [6, 6.07) is 5.50. The molecule has 2 heterocycles. The molecule has 3 rings (SSSR count). The van der Waals surface area contributed by atoms with Crippen molar-refractivity contribution in [3.8, 4) is 5.75 Å². The first-order chi connectivity index (χ1) is 12.2. The number of rotatable bonds is 8. The normalized spacial score (nSPS) is 10.7. The lowest BCUT2D eigenvalue weighted by atomic mass is 10.1. The van der Waals surface area contributed by atoms with Crippen molar-refractivity contribution in [2.24, 2.45) is 0 Å². The fourth-order valence-electron chi connectivity index (χ4n) is 2.78. The summed E-state index contributed by atoms with van der Waals surface area (Å²) in [5.41, 5.74) is 1.19. The SMILES string of the molecule is C=CCOc1c(N(CC=C)CC=C)c2cc3ccoc3cc2oc1=O. The van der Waals surface area contributed by atoms with E-state index < -0.39 is 5.63 Å². The summed E-state index contributed by atoms with van der Waals surface area (Å²) in [6.45, 7) is 12.5. The van der Waals surface area contributed by atoms with E-state index in [0.717, 1.165) is 10.8 Å². The van der Waals surface area contributed by atoms with E-state index in [4.69, 9.17) is 13.6 Å². The van der Waals surface area contributed by atoms with Crippen molar-refractivity contribution < 1.29 is 13.6 Å². The van der Waals surface area contributed by atoms with E-state index in [0.29, 0.717) is 29.9 Å². The number of benzene rings is 1. The van der Waals surface area contributed by atoms with Gasteiger partial charge in [-0.15, -0.1) is 13.2 Å². The van der Waals surface area contributed by atoms with Gasteiger partial charge in [-0.05, 0) is 12.1 Å². The van der Waals surface area contributed by atoms with Crippen LogP contribution in [0.3, 0.4) is 0 Å². The number of anilines is 1. The third-order valence-electron chi connectivity index (χ3n) is 3.77. The molecule has 0 aliphatic rings. The van der Waals surface area contributed by atoms with E-state index in [1.807, 2.05) is 17.0 Å². The molecule has 0 fully saturated rings. The van der Waals surface area contributed by atoms with Gasteiger partial charge in [0.1, 0.15) is 17.8 Å². The predicted octanol–water partition coefficient (Wildman–Crippen LogP) is 4.28. The van der Waals surface area contributed by atoms with Gasteiger partial charge in [-0.25, -0.2) is 4.79 Å². The minimum atomic E-state index is -0.548. The van der Waals surface area contributed by atoms with E-state index in [2.05, 4.69) is 19.7 Å². The highest BCUT2D eigenvalue weighted by Crippen LogP contribution is 2.36. The zero-order valence-electron chi connectivity index (χ0n) is 13.9. The van der Waals surface area contributed by atoms with E-state index >= 15 is 0 Å². The molecule has 0 aliphatic carbocycles. The van der Waals surface area contributed by atoms with Crippen LogP contribution in [0.4, 0.5) is 5.69 Å². The minimum Gasteiger partial charge on any atom is -0.481 e. The molecule has 0 unspecified atom stereocenters. The topological polar surface area (TPSA) is 55.8 Å². The standard InChI is InChI=1S/C20H19NO4/c1-4-8-21(9-5-2)18-15-12-14-7-11-23-16(14)13-17(15)25-20(22)19(18)24-10-6-3/h4-7,11-13H,1-3,8-10H2. The molecule has 0 saturated heterocycles. The first kappa shape index (κ1) is 16.6. The van der Waals surface area contributed by atoms with Gasteiger partial charge < -0.3 is 18.5 Å². The van der Waals surface area contributed by atoms with Gasteiger partial charge in [0, 0.05) is 29.9 Å². The average molecular weight is 337 g/mol. The molecule has 0 saturated carbocycles. The smallest absolute Gasteiger partial charge is 0.381 e. The lowest BCUT2D eigenvalue weighted by Gasteiger charge is -2.25. The molecule has 0 amide bonds. The Kier molecular flexibility index (Phi) is 4.75. The summed E-state index contributed by atoms with van der Waals surface area (Å²) in [6.07, 6.45) is 6.70. The molecule has 5 nitrogen and oxygen atoms in total. The maximum atomic E-state index is 12.5. The predicted molar refractivity (Wildman–Crippen MR) is 101 cm³/mol. The van der Waals surface area contributed by atoms with Crippen LogP contribution < -0.4 is 15.3 Å². The highest BCUT2D eigenvalue weighted by Gasteiger charge is 2.21. The highest BCUT2D eigenvalue weighted by molar-refractivity contribution is 6.01. The van der Waals surface area contributed by atoms with Gasteiger partial charge in [0.2, 0.25) is 5.75 Å². The van der Waals surface area contributed by atoms with E-state index in [1.165, 1.54) is 0 Å². The number of fused-ring (bicyclic) bond motifs is 2. The second kappa shape index (κ2) is 7.13. The second-order valence-corrected chi connectivity index (χ2v) is 5.46. The number of nitrogens with zero attached hydrogens (tertiary/aromatic N) is 1. The molecular weight excluding hydrogens is 318 g/mol. The average Bonchev–Trinajstić information content (AvgIpc) is 3.05. The monoisotopic (exact) mass is 337 g/mol. The van der Waals surface area contributed by atoms with Crippen molar-refractivity contribution in [1.29, 1.82) is 0 Å². The Bertz CT molecular complexity index is 986. The maximum absolute atomic E-state index is 12.5. The molecule has 25 heavy (non-hydrogen) atoms. The molecule has 1 aromatic carbocycles. The zero-order valence-corrected chi connectivity index (χ0v) is 13.9. The number of furan rings is 1. The molecule has 0 N–H and O–H groups in total. The van der Waals surface area contributed by atoms with E-state index in [-0.39, 0.29) is 12.4 Å². The Labute approximate surface area is 145 Å². The zero-order chi connectivity index (χ0) is 17.8. The van der Waals surface area contributed by atoms with Gasteiger partial charge in [-0.2, -0.15) is 0 Å². The molecule has 0 aliphatic heterocycles. The van der Waals surface area contributed by atoms with Crippen LogP contribution in [0.25, 0.3) is 21.9 Å². The van der Waals surface area contributed by atoms with Crippen molar-refractivity contribution in [2.45, 2.75) is 0 Å². The number of hydrogen-bond acceptors (Lipinski definition) is 5. The van der Waals surface area contributed by atoms with Crippen LogP contribution in [0, 0.1) is 0 Å². The van der Waals surface area contributed by atoms with Gasteiger partial charge in [0.05, 0.1) is 12.0 Å². The van der Waals surface area contributed by atoms with Gasteiger partial charge in [-0.3, -0.25) is 0 Å². The summed E-state index contributed by atoms with van der Waals surface area (Å²) < 4.78 is 16.5. The van der Waals surface area contributed by atoms with Gasteiger partial charge in [0.25, 0.3) is 0 Å². The van der Waals surface area contributed by atoms with Crippen LogP contribution in [0.1, 0.15) is 0 Å². The number of hydrogen-bond donors (Lipinski definition) is 0. The summed E-state index contributed by atoms with van der Waals surface area (Å²) >= 11 is 0. The van der Waals surface area contributed by atoms with Crippen LogP contribution >= 0.6 is 0 Å². The van der Waals surface area contributed by atoms with Crippen molar-refractivity contribution in [3.63, 3.8) is 0 Å². The lowest BCUT2D eigenvalue weighted by Crippen LogP contribution is -2.26. The fraction of sp³-hybridized carbons (Fsp3) is 0.150. The van der Waals surface area contributed by atoms with E-state index in [9.17, 15) is 4.79 Å². The van der Waals surface area contributed by atoms with Crippen LogP contribution in [0.15, 0.2) is 76.1 Å². The molecule has 0 radical (unpaired) electrons. The third-order valence-corrected chi connectivity index (χ3v) is 3.77. The van der Waals surface area contributed by atoms with Crippen LogP contribution in [0.2, 0.25) is 0 Å². The molecule has 2 aromatic heterocycles. The Morgan fingerprint density at radius 1 is 1.08 bits per heavy atom. The molecule has 3 aromatic rings. The third kappa shape index (κ3) is 3.08. The van der Waals surface area contributed by atoms with Crippen molar-refractivity contribution in [2.75, 3.05) is 24.6 Å². The Morgan fingerprint density at radius 3 is 2.52 bits per heavy atom. The van der Waals surface area contributed by atoms with E-state index in [1.54, 1.807) is 30.6 Å². The van der Waals surface area contributed by atoms with Gasteiger partial charge >= 0.3 is 5.63 Å². The van der Waals surface area contributed by atoms with Crippen LogP contribution in [0.5, 0.6) is 5.75 Å². The summed E-state index contributed by atoms with van der Waals surface area (Å²) in [7, 11) is 0. The fourth-order valence-corrected chi connectivity index (χ4v) is 2.78. The molecule has 0 atom stereocenters. The first-order valence-corrected chi connectivity index (χ1v) is 7.88. The quantitative estimate of drug-likeness (QED) is 0.453. The van der Waals surface area contributed by atoms with Crippen LogP contribution in [-0.2, 0) is 0 Å². The van der Waals surface area contributed by atoms with Crippen molar-refractivity contribution in [3.05, 3.63) is 72.8 Å². The summed E-state index contributed by atoms with van der Waals surface area (Å²) in [5, 5.41) is 1.67. The minimum absolute atomic E-state index is 0.152. The van der Waals surface area contributed by atoms with Gasteiger partial charge in [0.15, 0.2) is 0 Å². The maximum Gasteiger partial charge on any atom is 0.381 e. The summed E-state index contributed by atoms with van der Waals surface area (Å²) in [5.74, 6) is 0.152. The molecule has 0 bridgehead atoms. The second-order valence-electron chi connectivity index (χ2n) is 5.46. The number of ether oxygens (including phenoxy) is 1. The molecular formula is C20H19NO4. The highest BCUT2D eigenvalue weighted by atomic mass is 16.5. The Hall–Kier alpha value is -3.21. The molecule has 5 heteroatoms. The van der Waals surface area contributed by atoms with Crippen LogP contribution in [-0.4, -0.2) is 19.7 Å².